The number of benzene rings is 2. The maximum atomic E-state index is 12.1. The van der Waals surface area contributed by atoms with Crippen LogP contribution in [0.25, 0.3) is 10.2 Å². The van der Waals surface area contributed by atoms with Crippen molar-refractivity contribution in [2.45, 2.75) is 46.0 Å². The molecule has 7 heteroatoms. The summed E-state index contributed by atoms with van der Waals surface area (Å²) < 4.78 is 6.64. The summed E-state index contributed by atoms with van der Waals surface area (Å²) >= 11 is 6.77. The highest BCUT2D eigenvalue weighted by Gasteiger charge is 2.10. The Hall–Kier alpha value is -2.51. The van der Waals surface area contributed by atoms with Crippen LogP contribution in [0.5, 0.6) is 5.75 Å². The smallest absolute Gasteiger partial charge is 0.264 e. The van der Waals surface area contributed by atoms with Crippen molar-refractivity contribution in [3.63, 3.8) is 0 Å². The molecule has 0 spiro atoms. The van der Waals surface area contributed by atoms with Crippen LogP contribution in [0.4, 0.5) is 5.13 Å². The predicted molar refractivity (Wildman–Crippen MR) is 129 cm³/mol. The number of ether oxygens (including phenoxy) is 1. The molecule has 0 aliphatic heterocycles. The number of hydrogen-bond donors (Lipinski definition) is 2. The van der Waals surface area contributed by atoms with Crippen LogP contribution in [0.1, 0.15) is 50.7 Å². The van der Waals surface area contributed by atoms with Crippen molar-refractivity contribution >= 4 is 49.9 Å². The van der Waals surface area contributed by atoms with Crippen LogP contribution >= 0.6 is 23.6 Å². The maximum absolute atomic E-state index is 12.1. The summed E-state index contributed by atoms with van der Waals surface area (Å²) in [5.74, 6) is 0.790. The van der Waals surface area contributed by atoms with Crippen molar-refractivity contribution in [2.24, 2.45) is 0 Å². The summed E-state index contributed by atoms with van der Waals surface area (Å²) in [4.78, 5) is 16.7. The average Bonchev–Trinajstić information content (AvgIpc) is 3.12. The molecule has 158 valence electrons. The highest BCUT2D eigenvalue weighted by Crippen LogP contribution is 2.27. The number of unbranched alkanes of at least 4 members (excludes halogenated alkanes) is 1. The minimum atomic E-state index is -0.316. The number of carbonyl (C=O) groups excluding carboxylic acids is 1. The summed E-state index contributed by atoms with van der Waals surface area (Å²) in [7, 11) is 0. The fourth-order valence-corrected chi connectivity index (χ4v) is 4.16. The average molecular weight is 442 g/mol. The Kier molecular flexibility index (Phi) is 7.76. The second-order valence-corrected chi connectivity index (χ2v) is 8.88. The molecule has 1 amide bonds. The van der Waals surface area contributed by atoms with E-state index in [1.807, 2.05) is 30.3 Å². The van der Waals surface area contributed by atoms with E-state index in [2.05, 4.69) is 48.5 Å². The number of thiocarbonyl (C=S) groups is 1. The zero-order valence-electron chi connectivity index (χ0n) is 17.5. The van der Waals surface area contributed by atoms with E-state index in [0.29, 0.717) is 16.8 Å². The lowest BCUT2D eigenvalue weighted by Gasteiger charge is -2.10. The number of amides is 1. The Morgan fingerprint density at radius 3 is 2.67 bits per heavy atom. The molecule has 3 rings (SSSR count). The zero-order chi connectivity index (χ0) is 21.5. The number of carbonyl (C=O) groups is 1. The van der Waals surface area contributed by atoms with E-state index in [-0.39, 0.29) is 17.6 Å². The normalized spacial score (nSPS) is 10.9. The van der Waals surface area contributed by atoms with Crippen LogP contribution in [0, 0.1) is 0 Å². The maximum Gasteiger partial charge on any atom is 0.264 e. The first-order valence-electron chi connectivity index (χ1n) is 10.2. The molecule has 1 heterocycles. The molecule has 2 N–H and O–H groups in total. The molecule has 0 bridgehead atoms. The molecular formula is C23H27N3O2S2. The first kappa shape index (κ1) is 22.2. The standard InChI is InChI=1S/C23H27N3O2S2/c1-4-5-6-16-7-12-19-20(13-16)30-23(24-19)26-22(29)25-21(27)14-28-18-10-8-17(9-11-18)15(2)3/h7-13,15H,4-6,14H2,1-3H3,(H2,24,25,26,27,29). The lowest BCUT2D eigenvalue weighted by Crippen LogP contribution is -2.37. The fraction of sp³-hybridized carbons (Fsp3) is 0.348. The SMILES string of the molecule is CCCCc1ccc2nc(NC(=S)NC(=O)COc3ccc(C(C)C)cc3)sc2c1. The summed E-state index contributed by atoms with van der Waals surface area (Å²) in [5, 5.41) is 6.50. The molecule has 0 fully saturated rings. The number of nitrogens with zero attached hydrogens (tertiary/aromatic N) is 1. The van der Waals surface area contributed by atoms with Crippen molar-refractivity contribution in [1.82, 2.24) is 10.3 Å². The molecule has 2 aromatic carbocycles. The third kappa shape index (κ3) is 6.24. The van der Waals surface area contributed by atoms with Gasteiger partial charge in [0, 0.05) is 0 Å². The van der Waals surface area contributed by atoms with Gasteiger partial charge in [0.2, 0.25) is 0 Å². The molecule has 0 aliphatic carbocycles. The van der Waals surface area contributed by atoms with Crippen LogP contribution in [0.2, 0.25) is 0 Å². The Balaban J connectivity index is 1.50. The molecule has 0 saturated heterocycles. The van der Waals surface area contributed by atoms with Gasteiger partial charge in [-0.3, -0.25) is 10.1 Å². The second-order valence-electron chi connectivity index (χ2n) is 7.44. The number of anilines is 1. The van der Waals surface area contributed by atoms with Crippen molar-refractivity contribution in [3.8, 4) is 5.75 Å². The zero-order valence-corrected chi connectivity index (χ0v) is 19.2. The fourth-order valence-electron chi connectivity index (χ4n) is 2.95. The molecule has 0 aliphatic rings. The Labute approximate surface area is 186 Å². The van der Waals surface area contributed by atoms with Gasteiger partial charge >= 0.3 is 0 Å². The van der Waals surface area contributed by atoms with Gasteiger partial charge in [0.25, 0.3) is 5.91 Å². The summed E-state index contributed by atoms with van der Waals surface area (Å²) in [5.41, 5.74) is 3.46. The Morgan fingerprint density at radius 2 is 1.97 bits per heavy atom. The number of aryl methyl sites for hydroxylation is 1. The third-order valence-electron chi connectivity index (χ3n) is 4.66. The second kappa shape index (κ2) is 10.5. The minimum absolute atomic E-state index is 0.108. The van der Waals surface area contributed by atoms with Crippen molar-refractivity contribution in [3.05, 3.63) is 53.6 Å². The van der Waals surface area contributed by atoms with Crippen LogP contribution in [0.15, 0.2) is 42.5 Å². The summed E-state index contributed by atoms with van der Waals surface area (Å²) in [6.07, 6.45) is 3.42. The van der Waals surface area contributed by atoms with Gasteiger partial charge < -0.3 is 10.1 Å². The van der Waals surface area contributed by atoms with Crippen molar-refractivity contribution in [1.29, 1.82) is 0 Å². The molecule has 5 nitrogen and oxygen atoms in total. The first-order chi connectivity index (χ1) is 14.4. The summed E-state index contributed by atoms with van der Waals surface area (Å²) in [6, 6.07) is 14.1. The van der Waals surface area contributed by atoms with Crippen molar-refractivity contribution < 1.29 is 9.53 Å². The topological polar surface area (TPSA) is 63.2 Å². The van der Waals surface area contributed by atoms with Gasteiger partial charge in [-0.2, -0.15) is 0 Å². The van der Waals surface area contributed by atoms with Crippen LogP contribution < -0.4 is 15.4 Å². The lowest BCUT2D eigenvalue weighted by molar-refractivity contribution is -0.121. The van der Waals surface area contributed by atoms with Gasteiger partial charge in [0.15, 0.2) is 16.9 Å². The quantitative estimate of drug-likeness (QED) is 0.442. The highest BCUT2D eigenvalue weighted by atomic mass is 32.1. The van der Waals surface area contributed by atoms with Crippen LogP contribution in [-0.2, 0) is 11.2 Å². The van der Waals surface area contributed by atoms with Gasteiger partial charge in [-0.05, 0) is 66.4 Å². The first-order valence-corrected chi connectivity index (χ1v) is 11.4. The molecule has 30 heavy (non-hydrogen) atoms. The predicted octanol–water partition coefficient (Wildman–Crippen LogP) is 5.65. The molecule has 3 aromatic rings. The number of hydrogen-bond acceptors (Lipinski definition) is 5. The lowest BCUT2D eigenvalue weighted by atomic mass is 10.0. The van der Waals surface area contributed by atoms with E-state index >= 15 is 0 Å². The van der Waals surface area contributed by atoms with Gasteiger partial charge in [-0.15, -0.1) is 0 Å². The van der Waals surface area contributed by atoms with E-state index in [4.69, 9.17) is 17.0 Å². The number of fused-ring (bicyclic) bond motifs is 1. The largest absolute Gasteiger partial charge is 0.484 e. The molecule has 1 aromatic heterocycles. The molecular weight excluding hydrogens is 414 g/mol. The van der Waals surface area contributed by atoms with Gasteiger partial charge in [0.05, 0.1) is 10.2 Å². The van der Waals surface area contributed by atoms with Crippen molar-refractivity contribution in [2.75, 3.05) is 11.9 Å². The van der Waals surface area contributed by atoms with Crippen LogP contribution in [0.3, 0.4) is 0 Å². The van der Waals surface area contributed by atoms with Gasteiger partial charge in [-0.25, -0.2) is 4.98 Å². The Morgan fingerprint density at radius 1 is 1.20 bits per heavy atom. The van der Waals surface area contributed by atoms with Crippen LogP contribution in [-0.4, -0.2) is 22.6 Å². The summed E-state index contributed by atoms with van der Waals surface area (Å²) in [6.45, 7) is 6.35. The third-order valence-corrected chi connectivity index (χ3v) is 5.80. The number of aromatic nitrogens is 1. The minimum Gasteiger partial charge on any atom is -0.484 e. The number of nitrogens with one attached hydrogen (secondary N) is 2. The van der Waals surface area contributed by atoms with E-state index in [0.717, 1.165) is 16.6 Å². The van der Waals surface area contributed by atoms with E-state index in [1.54, 1.807) is 0 Å². The van der Waals surface area contributed by atoms with E-state index in [1.165, 1.54) is 35.3 Å². The molecule has 0 saturated carbocycles. The molecule has 0 unspecified atom stereocenters. The van der Waals surface area contributed by atoms with Gasteiger partial charge in [0.1, 0.15) is 5.75 Å². The highest BCUT2D eigenvalue weighted by molar-refractivity contribution is 7.80. The van der Waals surface area contributed by atoms with E-state index in [9.17, 15) is 4.79 Å². The van der Waals surface area contributed by atoms with Gasteiger partial charge in [-0.1, -0.05) is 56.7 Å². The Bertz CT molecular complexity index is 1010. The molecule has 0 atom stereocenters. The monoisotopic (exact) mass is 441 g/mol. The number of thiazole rings is 1. The molecule has 0 radical (unpaired) electrons. The number of rotatable bonds is 8. The van der Waals surface area contributed by atoms with E-state index < -0.39 is 0 Å².